The van der Waals surface area contributed by atoms with Crippen molar-refractivity contribution in [3.8, 4) is 0 Å². The van der Waals surface area contributed by atoms with Crippen molar-refractivity contribution in [3.05, 3.63) is 35.4 Å². The van der Waals surface area contributed by atoms with Crippen LogP contribution in [-0.4, -0.2) is 19.8 Å². The van der Waals surface area contributed by atoms with Crippen LogP contribution in [0.2, 0.25) is 0 Å². The summed E-state index contributed by atoms with van der Waals surface area (Å²) in [5.41, 5.74) is -0.112. The Kier molecular flexibility index (Phi) is 4.76. The lowest BCUT2D eigenvalue weighted by atomic mass is 9.73. The summed E-state index contributed by atoms with van der Waals surface area (Å²) >= 11 is 0. The van der Waals surface area contributed by atoms with Crippen LogP contribution in [0.4, 0.5) is 8.78 Å². The normalized spacial score (nSPS) is 28.4. The van der Waals surface area contributed by atoms with Gasteiger partial charge in [-0.05, 0) is 56.8 Å². The highest BCUT2D eigenvalue weighted by atomic mass is 19.1. The van der Waals surface area contributed by atoms with Crippen molar-refractivity contribution < 1.29 is 13.5 Å². The molecule has 4 heteroatoms. The third kappa shape index (κ3) is 2.86. The molecule has 1 aromatic rings. The molecule has 0 bridgehead atoms. The molecule has 0 heterocycles. The van der Waals surface area contributed by atoms with E-state index in [1.54, 1.807) is 14.2 Å². The minimum absolute atomic E-state index is 0.337. The molecular formula is C16H23F2NO. The molecule has 0 aliphatic heterocycles. The Hall–Kier alpha value is -1.00. The van der Waals surface area contributed by atoms with Gasteiger partial charge < -0.3 is 10.1 Å². The van der Waals surface area contributed by atoms with Crippen LogP contribution < -0.4 is 5.32 Å². The van der Waals surface area contributed by atoms with E-state index in [2.05, 4.69) is 12.2 Å². The van der Waals surface area contributed by atoms with Gasteiger partial charge in [0.15, 0.2) is 0 Å². The van der Waals surface area contributed by atoms with Gasteiger partial charge in [-0.2, -0.15) is 0 Å². The molecule has 2 rings (SSSR count). The van der Waals surface area contributed by atoms with Crippen LogP contribution in [0, 0.1) is 17.6 Å². The van der Waals surface area contributed by atoms with Crippen molar-refractivity contribution in [2.75, 3.05) is 14.2 Å². The Morgan fingerprint density at radius 2 is 1.95 bits per heavy atom. The molecule has 20 heavy (non-hydrogen) atoms. The van der Waals surface area contributed by atoms with Gasteiger partial charge in [0, 0.05) is 12.7 Å². The number of benzene rings is 1. The first-order valence-corrected chi connectivity index (χ1v) is 7.20. The van der Waals surface area contributed by atoms with Crippen LogP contribution in [0.25, 0.3) is 0 Å². The van der Waals surface area contributed by atoms with Crippen LogP contribution in [0.5, 0.6) is 0 Å². The number of methoxy groups -OCH3 is 1. The van der Waals surface area contributed by atoms with Crippen molar-refractivity contribution in [1.29, 1.82) is 0 Å². The molecule has 112 valence electrons. The van der Waals surface area contributed by atoms with Gasteiger partial charge in [-0.1, -0.05) is 6.92 Å². The van der Waals surface area contributed by atoms with Gasteiger partial charge in [0.05, 0.1) is 11.6 Å². The molecule has 2 nitrogen and oxygen atoms in total. The molecule has 0 saturated heterocycles. The summed E-state index contributed by atoms with van der Waals surface area (Å²) in [7, 11) is 3.44. The summed E-state index contributed by atoms with van der Waals surface area (Å²) in [5.74, 6) is -0.147. The van der Waals surface area contributed by atoms with Gasteiger partial charge in [-0.15, -0.1) is 0 Å². The highest BCUT2D eigenvalue weighted by Gasteiger charge is 2.42. The van der Waals surface area contributed by atoms with E-state index in [-0.39, 0.29) is 11.9 Å². The lowest BCUT2D eigenvalue weighted by Crippen LogP contribution is -2.47. The lowest BCUT2D eigenvalue weighted by molar-refractivity contribution is -0.0752. The molecule has 1 fully saturated rings. The van der Waals surface area contributed by atoms with Crippen molar-refractivity contribution in [2.24, 2.45) is 5.92 Å². The Balaban J connectivity index is 2.36. The molecule has 0 aromatic heterocycles. The van der Waals surface area contributed by atoms with E-state index < -0.39 is 11.4 Å². The zero-order valence-corrected chi connectivity index (χ0v) is 12.4. The zero-order chi connectivity index (χ0) is 14.8. The topological polar surface area (TPSA) is 21.3 Å². The first-order valence-electron chi connectivity index (χ1n) is 7.20. The van der Waals surface area contributed by atoms with Crippen LogP contribution in [0.15, 0.2) is 18.2 Å². The fourth-order valence-electron chi connectivity index (χ4n) is 3.30. The average Bonchev–Trinajstić information content (AvgIpc) is 2.45. The number of nitrogens with one attached hydrogen (secondary N) is 1. The molecule has 0 amide bonds. The van der Waals surface area contributed by atoms with Crippen LogP contribution in [0.1, 0.15) is 44.2 Å². The second-order valence-corrected chi connectivity index (χ2v) is 5.84. The molecule has 1 unspecified atom stereocenters. The van der Waals surface area contributed by atoms with Crippen LogP contribution in [-0.2, 0) is 4.74 Å². The van der Waals surface area contributed by atoms with Gasteiger partial charge in [0.1, 0.15) is 11.6 Å². The largest absolute Gasteiger partial charge is 0.376 e. The van der Waals surface area contributed by atoms with Gasteiger partial charge in [-0.25, -0.2) is 8.78 Å². The van der Waals surface area contributed by atoms with E-state index >= 15 is 0 Å². The monoisotopic (exact) mass is 283 g/mol. The van der Waals surface area contributed by atoms with Gasteiger partial charge in [0.25, 0.3) is 0 Å². The number of ether oxygens (including phenoxy) is 1. The van der Waals surface area contributed by atoms with Gasteiger partial charge in [0.2, 0.25) is 0 Å². The lowest BCUT2D eigenvalue weighted by Gasteiger charge is -2.44. The molecule has 1 saturated carbocycles. The fraction of sp³-hybridized carbons (Fsp3) is 0.625. The smallest absolute Gasteiger partial charge is 0.128 e. The van der Waals surface area contributed by atoms with E-state index in [4.69, 9.17) is 4.74 Å². The SMILES string of the molecule is CNC(c1cc(F)ccc1F)C1(OC)CCC(C)CC1. The predicted molar refractivity (Wildman–Crippen MR) is 75.5 cm³/mol. The Labute approximate surface area is 119 Å². The maximum Gasteiger partial charge on any atom is 0.128 e. The Morgan fingerprint density at radius 3 is 2.50 bits per heavy atom. The summed E-state index contributed by atoms with van der Waals surface area (Å²) in [5, 5.41) is 3.13. The third-order valence-electron chi connectivity index (χ3n) is 4.61. The number of rotatable bonds is 4. The highest BCUT2D eigenvalue weighted by molar-refractivity contribution is 5.25. The summed E-state index contributed by atoms with van der Waals surface area (Å²) < 4.78 is 33.3. The summed E-state index contributed by atoms with van der Waals surface area (Å²) in [6.07, 6.45) is 3.80. The Bertz CT molecular complexity index is 456. The molecule has 1 aliphatic rings. The second-order valence-electron chi connectivity index (χ2n) is 5.84. The number of halogens is 2. The summed E-state index contributed by atoms with van der Waals surface area (Å²) in [6, 6.07) is 3.27. The number of likely N-dealkylation sites (N-methyl/N-ethyl adjacent to an activating group) is 1. The van der Waals surface area contributed by atoms with E-state index in [0.29, 0.717) is 11.5 Å². The van der Waals surface area contributed by atoms with Crippen molar-refractivity contribution >= 4 is 0 Å². The molecule has 0 radical (unpaired) electrons. The maximum absolute atomic E-state index is 14.1. The van der Waals surface area contributed by atoms with E-state index in [9.17, 15) is 8.78 Å². The molecule has 1 aliphatic carbocycles. The van der Waals surface area contributed by atoms with Crippen molar-refractivity contribution in [2.45, 2.75) is 44.2 Å². The minimum atomic E-state index is -0.462. The standard InChI is InChI=1S/C16H23F2NO/c1-11-6-8-16(20-3,9-7-11)15(19-2)13-10-12(17)4-5-14(13)18/h4-5,10-11,15,19H,6-9H2,1-3H3. The second kappa shape index (κ2) is 6.19. The Morgan fingerprint density at radius 1 is 1.30 bits per heavy atom. The quantitative estimate of drug-likeness (QED) is 0.907. The number of hydrogen-bond acceptors (Lipinski definition) is 2. The van der Waals surface area contributed by atoms with Crippen LogP contribution in [0.3, 0.4) is 0 Å². The van der Waals surface area contributed by atoms with Gasteiger partial charge in [-0.3, -0.25) is 0 Å². The summed E-state index contributed by atoms with van der Waals surface area (Å²) in [6.45, 7) is 2.22. The van der Waals surface area contributed by atoms with Gasteiger partial charge >= 0.3 is 0 Å². The predicted octanol–water partition coefficient (Wildman–Crippen LogP) is 3.82. The molecular weight excluding hydrogens is 260 g/mol. The van der Waals surface area contributed by atoms with Crippen molar-refractivity contribution in [3.63, 3.8) is 0 Å². The fourth-order valence-corrected chi connectivity index (χ4v) is 3.30. The third-order valence-corrected chi connectivity index (χ3v) is 4.61. The average molecular weight is 283 g/mol. The van der Waals surface area contributed by atoms with Crippen LogP contribution >= 0.6 is 0 Å². The summed E-state index contributed by atoms with van der Waals surface area (Å²) in [4.78, 5) is 0. The molecule has 1 N–H and O–H groups in total. The first-order chi connectivity index (χ1) is 9.52. The molecule has 0 spiro atoms. The van der Waals surface area contributed by atoms with E-state index in [1.807, 2.05) is 0 Å². The van der Waals surface area contributed by atoms with E-state index in [0.717, 1.165) is 31.7 Å². The maximum atomic E-state index is 14.1. The first kappa shape index (κ1) is 15.4. The molecule has 1 atom stereocenters. The highest BCUT2D eigenvalue weighted by Crippen LogP contribution is 2.43. The molecule has 1 aromatic carbocycles. The number of hydrogen-bond donors (Lipinski definition) is 1. The van der Waals surface area contributed by atoms with Crippen molar-refractivity contribution in [1.82, 2.24) is 5.32 Å². The van der Waals surface area contributed by atoms with E-state index in [1.165, 1.54) is 12.1 Å². The minimum Gasteiger partial charge on any atom is -0.376 e. The zero-order valence-electron chi connectivity index (χ0n) is 12.4.